The molecule has 1 aliphatic heterocycles. The van der Waals surface area contributed by atoms with E-state index in [1.807, 2.05) is 0 Å². The van der Waals surface area contributed by atoms with Gasteiger partial charge in [-0.15, -0.1) is 0 Å². The van der Waals surface area contributed by atoms with Crippen molar-refractivity contribution in [2.24, 2.45) is 0 Å². The van der Waals surface area contributed by atoms with Gasteiger partial charge in [-0.1, -0.05) is 25.3 Å². The zero-order valence-corrected chi connectivity index (χ0v) is 14.9. The van der Waals surface area contributed by atoms with Crippen LogP contribution in [0.3, 0.4) is 0 Å². The molecule has 7 heteroatoms. The third kappa shape index (κ3) is 4.32. The van der Waals surface area contributed by atoms with Gasteiger partial charge in [0.25, 0.3) is 0 Å². The molecule has 26 heavy (non-hydrogen) atoms. The summed E-state index contributed by atoms with van der Waals surface area (Å²) in [5.41, 5.74) is -1.57. The lowest BCUT2D eigenvalue weighted by Gasteiger charge is -2.42. The molecule has 3 rings (SSSR count). The standard InChI is InChI=1S/C19H27F3N2O2/c20-19(21,22)15-12-14(4-5-17(15)25)16(13-24-10-8-23-9-11-24)18(26)6-2-1-3-7-18/h4-5,12,16,23,25-26H,1-3,6-11,13H2. The van der Waals surface area contributed by atoms with Gasteiger partial charge >= 0.3 is 6.18 Å². The Hall–Kier alpha value is -1.31. The Morgan fingerprint density at radius 1 is 1.12 bits per heavy atom. The number of piperazine rings is 1. The monoisotopic (exact) mass is 372 g/mol. The number of halogens is 3. The summed E-state index contributed by atoms with van der Waals surface area (Å²) in [4.78, 5) is 2.20. The minimum Gasteiger partial charge on any atom is -0.507 e. The SMILES string of the molecule is Oc1ccc(C(CN2CCNCC2)C2(O)CCCCC2)cc1C(F)(F)F. The Balaban J connectivity index is 1.94. The average molecular weight is 372 g/mol. The molecule has 1 saturated carbocycles. The summed E-state index contributed by atoms with van der Waals surface area (Å²) in [6, 6.07) is 3.66. The second-order valence-electron chi connectivity index (χ2n) is 7.54. The van der Waals surface area contributed by atoms with Gasteiger partial charge in [-0.2, -0.15) is 13.2 Å². The minimum absolute atomic E-state index is 0.400. The number of phenolic OH excluding ortho intramolecular Hbond substituents is 1. The van der Waals surface area contributed by atoms with Crippen molar-refractivity contribution in [3.63, 3.8) is 0 Å². The van der Waals surface area contributed by atoms with E-state index in [-0.39, 0.29) is 0 Å². The van der Waals surface area contributed by atoms with Gasteiger partial charge in [-0.05, 0) is 30.5 Å². The summed E-state index contributed by atoms with van der Waals surface area (Å²) >= 11 is 0. The fourth-order valence-electron chi connectivity index (χ4n) is 4.25. The van der Waals surface area contributed by atoms with Crippen molar-refractivity contribution in [1.29, 1.82) is 0 Å². The second-order valence-corrected chi connectivity index (χ2v) is 7.54. The summed E-state index contributed by atoms with van der Waals surface area (Å²) in [6.45, 7) is 3.84. The molecular formula is C19H27F3N2O2. The fraction of sp³-hybridized carbons (Fsp3) is 0.684. The molecular weight excluding hydrogens is 345 g/mol. The highest BCUT2D eigenvalue weighted by Crippen LogP contribution is 2.43. The molecule has 0 radical (unpaired) electrons. The van der Waals surface area contributed by atoms with E-state index in [0.29, 0.717) is 24.9 Å². The van der Waals surface area contributed by atoms with Crippen molar-refractivity contribution >= 4 is 0 Å². The lowest BCUT2D eigenvalue weighted by atomic mass is 9.72. The fourth-order valence-corrected chi connectivity index (χ4v) is 4.25. The highest BCUT2D eigenvalue weighted by atomic mass is 19.4. The van der Waals surface area contributed by atoms with Gasteiger partial charge in [-0.25, -0.2) is 0 Å². The number of aromatic hydroxyl groups is 1. The highest BCUT2D eigenvalue weighted by molar-refractivity contribution is 5.40. The maximum absolute atomic E-state index is 13.2. The van der Waals surface area contributed by atoms with Crippen LogP contribution < -0.4 is 5.32 Å². The summed E-state index contributed by atoms with van der Waals surface area (Å²) in [7, 11) is 0. The van der Waals surface area contributed by atoms with Gasteiger partial charge in [0, 0.05) is 38.6 Å². The van der Waals surface area contributed by atoms with Crippen LogP contribution in [0.25, 0.3) is 0 Å². The smallest absolute Gasteiger partial charge is 0.419 e. The predicted molar refractivity (Wildman–Crippen MR) is 93.2 cm³/mol. The molecule has 1 heterocycles. The first-order valence-electron chi connectivity index (χ1n) is 9.35. The van der Waals surface area contributed by atoms with E-state index in [1.54, 1.807) is 0 Å². The molecule has 2 fully saturated rings. The Morgan fingerprint density at radius 3 is 2.38 bits per heavy atom. The van der Waals surface area contributed by atoms with Crippen LogP contribution in [0.2, 0.25) is 0 Å². The summed E-state index contributed by atoms with van der Waals surface area (Å²) in [5, 5.41) is 24.2. The normalized spacial score (nSPS) is 22.9. The maximum Gasteiger partial charge on any atom is 0.419 e. The number of phenols is 1. The second kappa shape index (κ2) is 7.74. The molecule has 0 bridgehead atoms. The number of nitrogens with zero attached hydrogens (tertiary/aromatic N) is 1. The first-order valence-corrected chi connectivity index (χ1v) is 9.35. The van der Waals surface area contributed by atoms with Crippen LogP contribution in [0.4, 0.5) is 13.2 Å². The molecule has 1 atom stereocenters. The van der Waals surface area contributed by atoms with Gasteiger partial charge in [0.05, 0.1) is 11.2 Å². The molecule has 1 unspecified atom stereocenters. The molecule has 0 amide bonds. The van der Waals surface area contributed by atoms with Gasteiger partial charge < -0.3 is 20.4 Å². The highest BCUT2D eigenvalue weighted by Gasteiger charge is 2.41. The molecule has 146 valence electrons. The van der Waals surface area contributed by atoms with Crippen LogP contribution in [0.15, 0.2) is 18.2 Å². The van der Waals surface area contributed by atoms with Crippen LogP contribution in [-0.4, -0.2) is 53.4 Å². The van der Waals surface area contributed by atoms with E-state index < -0.39 is 29.0 Å². The first-order chi connectivity index (χ1) is 12.3. The Morgan fingerprint density at radius 2 is 1.77 bits per heavy atom. The van der Waals surface area contributed by atoms with Gasteiger partial charge in [0.15, 0.2) is 0 Å². The van der Waals surface area contributed by atoms with Crippen molar-refractivity contribution < 1.29 is 23.4 Å². The molecule has 3 N–H and O–H groups in total. The van der Waals surface area contributed by atoms with E-state index in [2.05, 4.69) is 10.2 Å². The molecule has 1 aromatic carbocycles. The zero-order valence-electron chi connectivity index (χ0n) is 14.9. The van der Waals surface area contributed by atoms with Gasteiger partial charge in [0.1, 0.15) is 5.75 Å². The quantitative estimate of drug-likeness (QED) is 0.760. The number of hydrogen-bond acceptors (Lipinski definition) is 4. The van der Waals surface area contributed by atoms with E-state index in [4.69, 9.17) is 0 Å². The predicted octanol–water partition coefficient (Wildman–Crippen LogP) is 3.10. The van der Waals surface area contributed by atoms with Crippen LogP contribution in [0, 0.1) is 0 Å². The van der Waals surface area contributed by atoms with Crippen LogP contribution in [0.5, 0.6) is 5.75 Å². The summed E-state index contributed by atoms with van der Waals surface area (Å²) in [6.07, 6.45) is -0.587. The number of nitrogens with one attached hydrogen (secondary N) is 1. The average Bonchev–Trinajstić information content (AvgIpc) is 2.61. The van der Waals surface area contributed by atoms with E-state index >= 15 is 0 Å². The number of alkyl halides is 3. The zero-order chi connectivity index (χ0) is 18.8. The third-order valence-corrected chi connectivity index (χ3v) is 5.75. The number of benzene rings is 1. The largest absolute Gasteiger partial charge is 0.507 e. The van der Waals surface area contributed by atoms with E-state index in [1.165, 1.54) is 6.07 Å². The van der Waals surface area contributed by atoms with Crippen molar-refractivity contribution in [1.82, 2.24) is 10.2 Å². The first kappa shape index (κ1) is 19.5. The van der Waals surface area contributed by atoms with E-state index in [9.17, 15) is 23.4 Å². The van der Waals surface area contributed by atoms with Gasteiger partial charge in [0.2, 0.25) is 0 Å². The summed E-state index contributed by atoms with van der Waals surface area (Å²) < 4.78 is 39.7. The molecule has 0 aromatic heterocycles. The van der Waals surface area contributed by atoms with Crippen LogP contribution in [0.1, 0.15) is 49.1 Å². The lowest BCUT2D eigenvalue weighted by Crippen LogP contribution is -2.49. The van der Waals surface area contributed by atoms with E-state index in [0.717, 1.165) is 57.6 Å². The minimum atomic E-state index is -4.62. The van der Waals surface area contributed by atoms with Crippen LogP contribution >= 0.6 is 0 Å². The number of hydrogen-bond donors (Lipinski definition) is 3. The Kier molecular flexibility index (Phi) is 5.79. The van der Waals surface area contributed by atoms with Crippen molar-refractivity contribution in [2.75, 3.05) is 32.7 Å². The van der Waals surface area contributed by atoms with Crippen molar-refractivity contribution in [3.8, 4) is 5.75 Å². The Labute approximate surface area is 152 Å². The summed E-state index contributed by atoms with van der Waals surface area (Å²) in [5.74, 6) is -1.17. The van der Waals surface area contributed by atoms with Crippen molar-refractivity contribution in [3.05, 3.63) is 29.3 Å². The molecule has 0 spiro atoms. The van der Waals surface area contributed by atoms with Crippen LogP contribution in [-0.2, 0) is 6.18 Å². The lowest BCUT2D eigenvalue weighted by molar-refractivity contribution is -0.138. The van der Waals surface area contributed by atoms with Gasteiger partial charge in [-0.3, -0.25) is 0 Å². The molecule has 4 nitrogen and oxygen atoms in total. The molecule has 1 aliphatic carbocycles. The maximum atomic E-state index is 13.2. The molecule has 2 aliphatic rings. The number of rotatable bonds is 4. The number of aliphatic hydroxyl groups is 1. The molecule has 1 aromatic rings. The Bertz CT molecular complexity index is 609. The topological polar surface area (TPSA) is 55.7 Å². The third-order valence-electron chi connectivity index (χ3n) is 5.75. The van der Waals surface area contributed by atoms with Crippen molar-refractivity contribution in [2.45, 2.75) is 49.8 Å². The molecule has 1 saturated heterocycles.